The largest absolute Gasteiger partial charge is 0.444 e. The van der Waals surface area contributed by atoms with Crippen molar-refractivity contribution in [1.29, 1.82) is 0 Å². The van der Waals surface area contributed by atoms with Crippen LogP contribution in [-0.2, 0) is 4.74 Å². The molecule has 1 saturated heterocycles. The van der Waals surface area contributed by atoms with Crippen LogP contribution in [0.3, 0.4) is 0 Å². The molecular weight excluding hydrogens is 297 g/mol. The zero-order valence-electron chi connectivity index (χ0n) is 14.3. The van der Waals surface area contributed by atoms with Gasteiger partial charge in [-0.25, -0.2) is 9.18 Å². The van der Waals surface area contributed by atoms with Crippen LogP contribution < -0.4 is 5.32 Å². The Morgan fingerprint density at radius 1 is 1.52 bits per heavy atom. The molecule has 0 aromatic carbocycles. The summed E-state index contributed by atoms with van der Waals surface area (Å²) in [5.74, 6) is -0.340. The molecule has 6 heteroatoms. The standard InChI is InChI=1S/C17H26FN3O2/c1-12(13-8-14(18)10-19-9-13)20-11-15-6-5-7-21(15)16(22)23-17(2,3)4/h8-10,12,15,20H,5-7,11H2,1-4H3. The van der Waals surface area contributed by atoms with Crippen LogP contribution in [0, 0.1) is 5.82 Å². The van der Waals surface area contributed by atoms with Gasteiger partial charge in [-0.3, -0.25) is 4.98 Å². The van der Waals surface area contributed by atoms with Crippen LogP contribution in [0.5, 0.6) is 0 Å². The summed E-state index contributed by atoms with van der Waals surface area (Å²) in [7, 11) is 0. The van der Waals surface area contributed by atoms with E-state index in [1.165, 1.54) is 12.3 Å². The molecule has 1 amide bonds. The Hall–Kier alpha value is -1.69. The fourth-order valence-corrected chi connectivity index (χ4v) is 2.70. The Labute approximate surface area is 137 Å². The van der Waals surface area contributed by atoms with Crippen molar-refractivity contribution < 1.29 is 13.9 Å². The number of rotatable bonds is 4. The van der Waals surface area contributed by atoms with Gasteiger partial charge in [0.15, 0.2) is 0 Å². The molecule has 0 aliphatic carbocycles. The van der Waals surface area contributed by atoms with Crippen molar-refractivity contribution in [2.24, 2.45) is 0 Å². The summed E-state index contributed by atoms with van der Waals surface area (Å²) in [5.41, 5.74) is 0.310. The van der Waals surface area contributed by atoms with Gasteiger partial charge in [0.1, 0.15) is 11.4 Å². The van der Waals surface area contributed by atoms with E-state index in [0.29, 0.717) is 6.54 Å². The molecule has 5 nitrogen and oxygen atoms in total. The lowest BCUT2D eigenvalue weighted by Crippen LogP contribution is -2.44. The summed E-state index contributed by atoms with van der Waals surface area (Å²) in [5, 5.41) is 3.36. The van der Waals surface area contributed by atoms with Crippen LogP contribution in [0.15, 0.2) is 18.5 Å². The Bertz CT molecular complexity index is 545. The molecule has 128 valence electrons. The lowest BCUT2D eigenvalue weighted by Gasteiger charge is -2.29. The maximum absolute atomic E-state index is 13.2. The number of hydrogen-bond donors (Lipinski definition) is 1. The van der Waals surface area contributed by atoms with Crippen LogP contribution in [0.2, 0.25) is 0 Å². The molecular formula is C17H26FN3O2. The second-order valence-electron chi connectivity index (χ2n) is 7.04. The third kappa shape index (κ3) is 5.16. The van der Waals surface area contributed by atoms with E-state index in [2.05, 4.69) is 10.3 Å². The summed E-state index contributed by atoms with van der Waals surface area (Å²) in [6.45, 7) is 8.94. The lowest BCUT2D eigenvalue weighted by atomic mass is 10.1. The number of nitrogens with one attached hydrogen (secondary N) is 1. The molecule has 23 heavy (non-hydrogen) atoms. The first-order chi connectivity index (χ1) is 10.8. The van der Waals surface area contributed by atoms with Crippen LogP contribution in [0.4, 0.5) is 9.18 Å². The van der Waals surface area contributed by atoms with Crippen molar-refractivity contribution in [1.82, 2.24) is 15.2 Å². The molecule has 2 rings (SSSR count). The highest BCUT2D eigenvalue weighted by molar-refractivity contribution is 5.69. The molecule has 0 radical (unpaired) electrons. The van der Waals surface area contributed by atoms with E-state index in [-0.39, 0.29) is 24.0 Å². The van der Waals surface area contributed by atoms with Crippen LogP contribution >= 0.6 is 0 Å². The number of ether oxygens (including phenoxy) is 1. The van der Waals surface area contributed by atoms with Gasteiger partial charge in [0.25, 0.3) is 0 Å². The van der Waals surface area contributed by atoms with Gasteiger partial charge in [0.05, 0.1) is 6.20 Å². The summed E-state index contributed by atoms with van der Waals surface area (Å²) in [6, 6.07) is 1.55. The first kappa shape index (κ1) is 17.7. The molecule has 0 saturated carbocycles. The number of halogens is 1. The van der Waals surface area contributed by atoms with Gasteiger partial charge >= 0.3 is 6.09 Å². The summed E-state index contributed by atoms with van der Waals surface area (Å²) >= 11 is 0. The van der Waals surface area contributed by atoms with Crippen molar-refractivity contribution in [3.63, 3.8) is 0 Å². The molecule has 1 aliphatic heterocycles. The lowest BCUT2D eigenvalue weighted by molar-refractivity contribution is 0.0225. The van der Waals surface area contributed by atoms with Gasteiger partial charge in [0.2, 0.25) is 0 Å². The third-order valence-corrected chi connectivity index (χ3v) is 3.89. The maximum atomic E-state index is 13.2. The number of aromatic nitrogens is 1. The van der Waals surface area contributed by atoms with Gasteiger partial charge in [-0.2, -0.15) is 0 Å². The molecule has 1 fully saturated rings. The SMILES string of the molecule is CC(NCC1CCCN1C(=O)OC(C)(C)C)c1cncc(F)c1. The highest BCUT2D eigenvalue weighted by atomic mass is 19.1. The molecule has 1 N–H and O–H groups in total. The summed E-state index contributed by atoms with van der Waals surface area (Å²) < 4.78 is 18.7. The van der Waals surface area contributed by atoms with Crippen LogP contribution in [0.1, 0.15) is 52.1 Å². The number of amides is 1. The molecule has 1 aliphatic rings. The van der Waals surface area contributed by atoms with Gasteiger partial charge in [-0.05, 0) is 52.2 Å². The van der Waals surface area contributed by atoms with E-state index < -0.39 is 5.60 Å². The quantitative estimate of drug-likeness (QED) is 0.924. The number of pyridine rings is 1. The molecule has 1 aromatic heterocycles. The minimum Gasteiger partial charge on any atom is -0.444 e. The van der Waals surface area contributed by atoms with Gasteiger partial charge in [0, 0.05) is 31.4 Å². The molecule has 0 bridgehead atoms. The highest BCUT2D eigenvalue weighted by Crippen LogP contribution is 2.21. The fraction of sp³-hybridized carbons (Fsp3) is 0.647. The van der Waals surface area contributed by atoms with Crippen molar-refractivity contribution in [3.05, 3.63) is 29.8 Å². The Kier molecular flexibility index (Phi) is 5.57. The maximum Gasteiger partial charge on any atom is 0.410 e. The van der Waals surface area contributed by atoms with Gasteiger partial charge in [-0.1, -0.05) is 0 Å². The molecule has 2 atom stereocenters. The van der Waals surface area contributed by atoms with Gasteiger partial charge < -0.3 is 15.0 Å². The smallest absolute Gasteiger partial charge is 0.410 e. The number of nitrogens with zero attached hydrogens (tertiary/aromatic N) is 2. The summed E-state index contributed by atoms with van der Waals surface area (Å²) in [6.07, 6.45) is 4.50. The van der Waals surface area contributed by atoms with Crippen molar-refractivity contribution in [2.75, 3.05) is 13.1 Å². The highest BCUT2D eigenvalue weighted by Gasteiger charge is 2.32. The Balaban J connectivity index is 1.90. The van der Waals surface area contributed by atoms with Crippen molar-refractivity contribution in [3.8, 4) is 0 Å². The zero-order chi connectivity index (χ0) is 17.0. The predicted molar refractivity (Wildman–Crippen MR) is 86.6 cm³/mol. The average molecular weight is 323 g/mol. The number of carbonyl (C=O) groups excluding carboxylic acids is 1. The first-order valence-electron chi connectivity index (χ1n) is 8.10. The van der Waals surface area contributed by atoms with Crippen LogP contribution in [0.25, 0.3) is 0 Å². The topological polar surface area (TPSA) is 54.5 Å². The molecule has 2 heterocycles. The monoisotopic (exact) mass is 323 g/mol. The average Bonchev–Trinajstić information content (AvgIpc) is 2.91. The molecule has 1 aromatic rings. The second kappa shape index (κ2) is 7.25. The normalized spacial score (nSPS) is 19.7. The molecule has 2 unspecified atom stereocenters. The Morgan fingerprint density at radius 2 is 2.26 bits per heavy atom. The Morgan fingerprint density at radius 3 is 2.91 bits per heavy atom. The minimum atomic E-state index is -0.488. The molecule has 0 spiro atoms. The van der Waals surface area contributed by atoms with Crippen LogP contribution in [-0.4, -0.2) is 40.7 Å². The minimum absolute atomic E-state index is 0.0284. The van der Waals surface area contributed by atoms with E-state index in [0.717, 1.165) is 24.9 Å². The summed E-state index contributed by atoms with van der Waals surface area (Å²) in [4.78, 5) is 17.9. The number of carbonyl (C=O) groups is 1. The second-order valence-corrected chi connectivity index (χ2v) is 7.04. The van der Waals surface area contributed by atoms with E-state index in [9.17, 15) is 9.18 Å². The fourth-order valence-electron chi connectivity index (χ4n) is 2.70. The van der Waals surface area contributed by atoms with E-state index in [4.69, 9.17) is 4.74 Å². The zero-order valence-corrected chi connectivity index (χ0v) is 14.3. The van der Waals surface area contributed by atoms with E-state index in [1.807, 2.05) is 27.7 Å². The van der Waals surface area contributed by atoms with E-state index in [1.54, 1.807) is 11.1 Å². The predicted octanol–water partition coefficient (Wildman–Crippen LogP) is 3.27. The van der Waals surface area contributed by atoms with Crippen molar-refractivity contribution in [2.45, 2.75) is 58.2 Å². The number of likely N-dealkylation sites (tertiary alicyclic amines) is 1. The van der Waals surface area contributed by atoms with Gasteiger partial charge in [-0.15, -0.1) is 0 Å². The first-order valence-corrected chi connectivity index (χ1v) is 8.10. The van der Waals surface area contributed by atoms with Crippen molar-refractivity contribution >= 4 is 6.09 Å². The van der Waals surface area contributed by atoms with E-state index >= 15 is 0 Å². The number of hydrogen-bond acceptors (Lipinski definition) is 4. The third-order valence-electron chi connectivity index (χ3n) is 3.89.